The fourth-order valence-electron chi connectivity index (χ4n) is 1.53. The molecule has 0 fully saturated rings. The van der Waals surface area contributed by atoms with E-state index in [9.17, 15) is 4.79 Å². The van der Waals surface area contributed by atoms with Gasteiger partial charge in [0.15, 0.2) is 0 Å². The van der Waals surface area contributed by atoms with Crippen molar-refractivity contribution >= 4 is 5.91 Å². The number of carbonyl (C=O) groups is 1. The van der Waals surface area contributed by atoms with Crippen molar-refractivity contribution in [1.82, 2.24) is 5.32 Å². The number of carbonyl (C=O) groups excluding carboxylic acids is 1. The summed E-state index contributed by atoms with van der Waals surface area (Å²) in [6.07, 6.45) is 6.20. The van der Waals surface area contributed by atoms with Crippen LogP contribution in [0.2, 0.25) is 0 Å². The smallest absolute Gasteiger partial charge is 0.216 e. The van der Waals surface area contributed by atoms with Gasteiger partial charge in [0.1, 0.15) is 0 Å². The number of unbranched alkanes of at least 4 members (excludes halogenated alkanes) is 2. The van der Waals surface area contributed by atoms with Crippen LogP contribution in [-0.2, 0) is 4.79 Å². The van der Waals surface area contributed by atoms with Gasteiger partial charge in [-0.3, -0.25) is 4.79 Å². The molecule has 0 saturated heterocycles. The Morgan fingerprint density at radius 3 is 2.43 bits per heavy atom. The van der Waals surface area contributed by atoms with E-state index < -0.39 is 0 Å². The highest BCUT2D eigenvalue weighted by Crippen LogP contribution is 2.27. The first-order chi connectivity index (χ1) is 6.54. The van der Waals surface area contributed by atoms with Gasteiger partial charge in [0.05, 0.1) is 0 Å². The molecule has 0 rings (SSSR count). The Bertz CT molecular complexity index is 173. The maximum Gasteiger partial charge on any atom is 0.216 e. The third kappa shape index (κ3) is 6.01. The van der Waals surface area contributed by atoms with Crippen LogP contribution in [0.25, 0.3) is 0 Å². The number of hydrogen-bond acceptors (Lipinski definition) is 1. The molecule has 86 valence electrons. The molecular formula is C12H27NO. The standard InChI is InChI=1S/C12H25NO.H2/c1-5-7-8-9-12(4,6-2)10-13-11(3)14;/h5-10H2,1-4H3,(H,13,14);1H. The maximum absolute atomic E-state index is 10.8. The van der Waals surface area contributed by atoms with E-state index in [0.717, 1.165) is 13.0 Å². The largest absolute Gasteiger partial charge is 0.356 e. The zero-order valence-corrected chi connectivity index (χ0v) is 10.2. The molecule has 0 radical (unpaired) electrons. The van der Waals surface area contributed by atoms with Crippen LogP contribution in [0.4, 0.5) is 0 Å². The van der Waals surface area contributed by atoms with E-state index in [0.29, 0.717) is 5.41 Å². The molecule has 0 aromatic rings. The Morgan fingerprint density at radius 1 is 1.36 bits per heavy atom. The molecule has 1 N–H and O–H groups in total. The quantitative estimate of drug-likeness (QED) is 0.629. The second kappa shape index (κ2) is 6.86. The predicted molar refractivity (Wildman–Crippen MR) is 63.3 cm³/mol. The van der Waals surface area contributed by atoms with E-state index in [4.69, 9.17) is 0 Å². The van der Waals surface area contributed by atoms with Gasteiger partial charge in [-0.15, -0.1) is 0 Å². The van der Waals surface area contributed by atoms with E-state index in [2.05, 4.69) is 26.1 Å². The van der Waals surface area contributed by atoms with E-state index in [1.54, 1.807) is 6.92 Å². The minimum absolute atomic E-state index is 0. The highest BCUT2D eigenvalue weighted by Gasteiger charge is 2.21. The van der Waals surface area contributed by atoms with Gasteiger partial charge in [0.2, 0.25) is 5.91 Å². The van der Waals surface area contributed by atoms with Crippen LogP contribution in [0.5, 0.6) is 0 Å². The highest BCUT2D eigenvalue weighted by molar-refractivity contribution is 5.72. The van der Waals surface area contributed by atoms with Crippen molar-refractivity contribution in [1.29, 1.82) is 0 Å². The Kier molecular flexibility index (Phi) is 6.60. The number of rotatable bonds is 7. The highest BCUT2D eigenvalue weighted by atomic mass is 16.1. The summed E-state index contributed by atoms with van der Waals surface area (Å²) in [5.41, 5.74) is 0.293. The molecule has 0 bridgehead atoms. The summed E-state index contributed by atoms with van der Waals surface area (Å²) in [5.74, 6) is 0.0835. The first-order valence-corrected chi connectivity index (χ1v) is 5.78. The average molecular weight is 201 g/mol. The zero-order valence-electron chi connectivity index (χ0n) is 10.2. The van der Waals surface area contributed by atoms with Crippen molar-refractivity contribution in [3.63, 3.8) is 0 Å². The van der Waals surface area contributed by atoms with Gasteiger partial charge in [-0.1, -0.05) is 40.0 Å². The first-order valence-electron chi connectivity index (χ1n) is 5.78. The summed E-state index contributed by atoms with van der Waals surface area (Å²) in [7, 11) is 0. The first kappa shape index (κ1) is 13.5. The number of hydrogen-bond donors (Lipinski definition) is 1. The lowest BCUT2D eigenvalue weighted by atomic mass is 9.82. The molecule has 0 aliphatic carbocycles. The van der Waals surface area contributed by atoms with Gasteiger partial charge >= 0.3 is 0 Å². The van der Waals surface area contributed by atoms with Crippen LogP contribution in [0, 0.1) is 5.41 Å². The summed E-state index contributed by atoms with van der Waals surface area (Å²) in [6, 6.07) is 0. The van der Waals surface area contributed by atoms with Crippen molar-refractivity contribution in [2.24, 2.45) is 5.41 Å². The number of amides is 1. The van der Waals surface area contributed by atoms with E-state index >= 15 is 0 Å². The van der Waals surface area contributed by atoms with E-state index in [1.807, 2.05) is 0 Å². The Morgan fingerprint density at radius 2 is 2.00 bits per heavy atom. The van der Waals surface area contributed by atoms with Gasteiger partial charge in [-0.2, -0.15) is 0 Å². The van der Waals surface area contributed by atoms with E-state index in [1.165, 1.54) is 25.7 Å². The van der Waals surface area contributed by atoms with Crippen molar-refractivity contribution in [3.8, 4) is 0 Å². The summed E-state index contributed by atoms with van der Waals surface area (Å²) >= 11 is 0. The van der Waals surface area contributed by atoms with Crippen molar-refractivity contribution < 1.29 is 6.22 Å². The predicted octanol–water partition coefficient (Wildman–Crippen LogP) is 3.37. The molecule has 1 unspecified atom stereocenters. The number of nitrogens with one attached hydrogen (secondary N) is 1. The fraction of sp³-hybridized carbons (Fsp3) is 0.917. The lowest BCUT2D eigenvalue weighted by Crippen LogP contribution is -2.34. The summed E-state index contributed by atoms with van der Waals surface area (Å²) < 4.78 is 0. The third-order valence-corrected chi connectivity index (χ3v) is 3.00. The van der Waals surface area contributed by atoms with Crippen LogP contribution in [0.15, 0.2) is 0 Å². The van der Waals surface area contributed by atoms with Gasteiger partial charge < -0.3 is 5.32 Å². The molecular weight excluding hydrogens is 174 g/mol. The molecule has 0 aliphatic heterocycles. The molecule has 0 aromatic carbocycles. The molecule has 0 saturated carbocycles. The van der Waals surface area contributed by atoms with Gasteiger partial charge in [0.25, 0.3) is 0 Å². The Hall–Kier alpha value is -0.530. The molecule has 1 amide bonds. The Labute approximate surface area is 89.9 Å². The zero-order chi connectivity index (χ0) is 11.0. The second-order valence-electron chi connectivity index (χ2n) is 4.53. The summed E-state index contributed by atoms with van der Waals surface area (Å²) in [5, 5.41) is 2.93. The van der Waals surface area contributed by atoms with Crippen molar-refractivity contribution in [2.75, 3.05) is 6.54 Å². The minimum Gasteiger partial charge on any atom is -0.356 e. The van der Waals surface area contributed by atoms with Crippen molar-refractivity contribution in [3.05, 3.63) is 0 Å². The monoisotopic (exact) mass is 201 g/mol. The van der Waals surface area contributed by atoms with Crippen molar-refractivity contribution in [2.45, 2.75) is 59.8 Å². The molecule has 0 aromatic heterocycles. The third-order valence-electron chi connectivity index (χ3n) is 3.00. The molecule has 2 nitrogen and oxygen atoms in total. The van der Waals surface area contributed by atoms with Crippen LogP contribution < -0.4 is 5.32 Å². The van der Waals surface area contributed by atoms with Crippen LogP contribution in [0.3, 0.4) is 0 Å². The average Bonchev–Trinajstić information content (AvgIpc) is 2.15. The SMILES string of the molecule is CCCCCC(C)(CC)CNC(C)=O.[HH]. The minimum atomic E-state index is 0. The molecule has 2 heteroatoms. The molecule has 0 spiro atoms. The van der Waals surface area contributed by atoms with Crippen LogP contribution >= 0.6 is 0 Å². The molecule has 1 atom stereocenters. The van der Waals surface area contributed by atoms with Crippen LogP contribution in [0.1, 0.15) is 61.2 Å². The van der Waals surface area contributed by atoms with Gasteiger partial charge in [-0.05, 0) is 18.3 Å². The fourth-order valence-corrected chi connectivity index (χ4v) is 1.53. The van der Waals surface area contributed by atoms with Crippen LogP contribution in [-0.4, -0.2) is 12.5 Å². The lowest BCUT2D eigenvalue weighted by molar-refractivity contribution is -0.119. The molecule has 0 aliphatic rings. The van der Waals surface area contributed by atoms with Gasteiger partial charge in [0, 0.05) is 14.9 Å². The maximum atomic E-state index is 10.8. The topological polar surface area (TPSA) is 29.1 Å². The van der Waals surface area contributed by atoms with Gasteiger partial charge in [-0.25, -0.2) is 0 Å². The summed E-state index contributed by atoms with van der Waals surface area (Å²) in [4.78, 5) is 10.8. The molecule has 0 heterocycles. The lowest BCUT2D eigenvalue weighted by Gasteiger charge is -2.28. The summed E-state index contributed by atoms with van der Waals surface area (Å²) in [6.45, 7) is 9.09. The second-order valence-corrected chi connectivity index (χ2v) is 4.53. The molecule has 14 heavy (non-hydrogen) atoms. The normalized spacial score (nSPS) is 14.9. The van der Waals surface area contributed by atoms with E-state index in [-0.39, 0.29) is 7.33 Å². The Balaban J connectivity index is 0.